The number of benzene rings is 1. The van der Waals surface area contributed by atoms with Crippen molar-refractivity contribution < 1.29 is 18.3 Å². The van der Waals surface area contributed by atoms with E-state index in [-0.39, 0.29) is 12.1 Å². The van der Waals surface area contributed by atoms with Gasteiger partial charge in [0, 0.05) is 5.56 Å². The van der Waals surface area contributed by atoms with Gasteiger partial charge in [-0.1, -0.05) is 11.6 Å². The van der Waals surface area contributed by atoms with Crippen molar-refractivity contribution >= 4 is 22.7 Å². The predicted octanol–water partition coefficient (Wildman–Crippen LogP) is 2.28. The third-order valence-corrected chi connectivity index (χ3v) is 2.02. The molecule has 0 saturated heterocycles. The molecular weight excluding hydrogens is 240 g/mol. The van der Waals surface area contributed by atoms with E-state index < -0.39 is 22.8 Å². The van der Waals surface area contributed by atoms with Crippen LogP contribution >= 0.6 is 11.6 Å². The molecule has 16 heavy (non-hydrogen) atoms. The van der Waals surface area contributed by atoms with Gasteiger partial charge in [-0.15, -0.1) is 0 Å². The Labute approximate surface area is 95.7 Å². The molecule has 6 heteroatoms. The zero-order valence-corrected chi connectivity index (χ0v) is 9.09. The van der Waals surface area contributed by atoms with E-state index in [2.05, 4.69) is 9.73 Å². The number of halogens is 3. The number of esters is 1. The van der Waals surface area contributed by atoms with Gasteiger partial charge in [0.25, 0.3) is 0 Å². The highest BCUT2D eigenvalue weighted by molar-refractivity contribution is 6.81. The van der Waals surface area contributed by atoms with Crippen molar-refractivity contribution in [2.75, 3.05) is 7.11 Å². The van der Waals surface area contributed by atoms with Crippen LogP contribution in [0, 0.1) is 11.6 Å². The molecule has 0 N–H and O–H groups in total. The molecule has 1 aromatic carbocycles. The van der Waals surface area contributed by atoms with Gasteiger partial charge in [-0.2, -0.15) is 0 Å². The molecule has 0 amide bonds. The van der Waals surface area contributed by atoms with Crippen LogP contribution in [0.2, 0.25) is 0 Å². The molecule has 0 atom stereocenters. The zero-order chi connectivity index (χ0) is 12.1. The number of carbonyl (C=O) groups is 1. The second kappa shape index (κ2) is 5.55. The van der Waals surface area contributed by atoms with E-state index in [9.17, 15) is 13.6 Å². The lowest BCUT2D eigenvalue weighted by molar-refractivity contribution is -0.132. The van der Waals surface area contributed by atoms with Crippen LogP contribution in [0.4, 0.5) is 8.78 Å². The van der Waals surface area contributed by atoms with Crippen molar-refractivity contribution in [2.24, 2.45) is 4.99 Å². The van der Waals surface area contributed by atoms with Gasteiger partial charge < -0.3 is 4.74 Å². The van der Waals surface area contributed by atoms with Crippen molar-refractivity contribution in [3.8, 4) is 0 Å². The first kappa shape index (κ1) is 12.6. The molecule has 0 unspecified atom stereocenters. The first-order chi connectivity index (χ1) is 7.54. The Morgan fingerprint density at radius 1 is 1.50 bits per heavy atom. The Morgan fingerprint density at radius 3 is 2.81 bits per heavy atom. The van der Waals surface area contributed by atoms with Crippen LogP contribution in [0.1, 0.15) is 5.56 Å². The largest absolute Gasteiger partial charge is 0.464 e. The van der Waals surface area contributed by atoms with E-state index >= 15 is 0 Å². The van der Waals surface area contributed by atoms with Gasteiger partial charge in [0.15, 0.2) is 0 Å². The monoisotopic (exact) mass is 247 g/mol. The minimum absolute atomic E-state index is 0.0158. The van der Waals surface area contributed by atoms with Gasteiger partial charge in [0.05, 0.1) is 13.7 Å². The number of ether oxygens (including phenoxy) is 1. The Bertz CT molecular complexity index is 435. The summed E-state index contributed by atoms with van der Waals surface area (Å²) in [4.78, 5) is 14.4. The lowest BCUT2D eigenvalue weighted by atomic mass is 10.2. The fourth-order valence-electron chi connectivity index (χ4n) is 0.968. The summed E-state index contributed by atoms with van der Waals surface area (Å²) in [5, 5.41) is -0.411. The van der Waals surface area contributed by atoms with E-state index in [1.165, 1.54) is 0 Å². The molecule has 3 nitrogen and oxygen atoms in total. The van der Waals surface area contributed by atoms with Crippen LogP contribution in [-0.2, 0) is 16.1 Å². The minimum Gasteiger partial charge on any atom is -0.464 e. The highest BCUT2D eigenvalue weighted by Gasteiger charge is 2.08. The summed E-state index contributed by atoms with van der Waals surface area (Å²) < 4.78 is 30.1. The second-order valence-corrected chi connectivity index (χ2v) is 3.19. The molecule has 0 aliphatic carbocycles. The number of nitrogens with zero attached hydrogens (tertiary/aromatic N) is 1. The zero-order valence-electron chi connectivity index (χ0n) is 8.34. The first-order valence-electron chi connectivity index (χ1n) is 4.26. The van der Waals surface area contributed by atoms with Gasteiger partial charge in [0.1, 0.15) is 11.6 Å². The summed E-state index contributed by atoms with van der Waals surface area (Å²) in [7, 11) is 1.14. The highest BCUT2D eigenvalue weighted by Crippen LogP contribution is 2.11. The Morgan fingerprint density at radius 2 is 2.19 bits per heavy atom. The number of aliphatic imine (C=N–C) groups is 1. The van der Waals surface area contributed by atoms with Gasteiger partial charge in [-0.3, -0.25) is 4.99 Å². The molecule has 0 saturated carbocycles. The fourth-order valence-corrected chi connectivity index (χ4v) is 1.10. The Hall–Kier alpha value is -1.49. The van der Waals surface area contributed by atoms with E-state index in [1.807, 2.05) is 0 Å². The summed E-state index contributed by atoms with van der Waals surface area (Å²) in [5.74, 6) is -2.02. The van der Waals surface area contributed by atoms with Crippen molar-refractivity contribution in [1.82, 2.24) is 0 Å². The molecule has 1 aromatic rings. The fraction of sp³-hybridized carbons (Fsp3) is 0.200. The summed E-state index contributed by atoms with van der Waals surface area (Å²) in [6, 6.07) is 2.96. The Balaban J connectivity index is 2.81. The van der Waals surface area contributed by atoms with Gasteiger partial charge in [-0.05, 0) is 18.2 Å². The summed E-state index contributed by atoms with van der Waals surface area (Å²) >= 11 is 5.43. The third-order valence-electron chi connectivity index (χ3n) is 1.75. The van der Waals surface area contributed by atoms with Crippen molar-refractivity contribution in [3.63, 3.8) is 0 Å². The summed E-state index contributed by atoms with van der Waals surface area (Å²) in [6.07, 6.45) is 0. The van der Waals surface area contributed by atoms with Gasteiger partial charge in [0.2, 0.25) is 5.17 Å². The number of carbonyl (C=O) groups excluding carboxylic acids is 1. The van der Waals surface area contributed by atoms with Crippen molar-refractivity contribution in [3.05, 3.63) is 35.4 Å². The number of hydrogen-bond acceptors (Lipinski definition) is 3. The van der Waals surface area contributed by atoms with Crippen LogP contribution in [0.25, 0.3) is 0 Å². The SMILES string of the molecule is COC(=O)C(Cl)=NCc1cc(F)ccc1F. The number of hydrogen-bond donors (Lipinski definition) is 0. The maximum Gasteiger partial charge on any atom is 0.368 e. The standard InChI is InChI=1S/C10H8ClF2NO2/c1-16-10(15)9(11)14-5-6-4-7(12)2-3-8(6)13/h2-4H,5H2,1H3. The second-order valence-electron chi connectivity index (χ2n) is 2.83. The number of methoxy groups -OCH3 is 1. The van der Waals surface area contributed by atoms with Crippen molar-refractivity contribution in [2.45, 2.75) is 6.54 Å². The topological polar surface area (TPSA) is 38.7 Å². The van der Waals surface area contributed by atoms with Gasteiger partial charge >= 0.3 is 5.97 Å². The average Bonchev–Trinajstić information content (AvgIpc) is 2.28. The van der Waals surface area contributed by atoms with Crippen LogP contribution in [0.15, 0.2) is 23.2 Å². The van der Waals surface area contributed by atoms with Crippen molar-refractivity contribution in [1.29, 1.82) is 0 Å². The van der Waals surface area contributed by atoms with E-state index in [1.54, 1.807) is 0 Å². The molecule has 0 bridgehead atoms. The molecule has 0 heterocycles. The molecule has 0 spiro atoms. The predicted molar refractivity (Wildman–Crippen MR) is 55.4 cm³/mol. The number of rotatable bonds is 3. The molecule has 86 valence electrons. The normalized spacial score (nSPS) is 11.4. The molecular formula is C10H8ClF2NO2. The molecule has 0 aliphatic heterocycles. The quantitative estimate of drug-likeness (QED) is 0.607. The lowest BCUT2D eigenvalue weighted by Gasteiger charge is -2.00. The van der Waals surface area contributed by atoms with E-state index in [0.29, 0.717) is 0 Å². The van der Waals surface area contributed by atoms with Gasteiger partial charge in [-0.25, -0.2) is 13.6 Å². The molecule has 1 rings (SSSR count). The lowest BCUT2D eigenvalue weighted by Crippen LogP contribution is -2.09. The molecule has 0 radical (unpaired) electrons. The maximum atomic E-state index is 13.1. The first-order valence-corrected chi connectivity index (χ1v) is 4.64. The van der Waals surface area contributed by atoms with E-state index in [4.69, 9.17) is 11.6 Å². The smallest absolute Gasteiger partial charge is 0.368 e. The molecule has 0 fully saturated rings. The van der Waals surface area contributed by atoms with Crippen LogP contribution in [0.5, 0.6) is 0 Å². The summed E-state index contributed by atoms with van der Waals surface area (Å²) in [6.45, 7) is -0.225. The van der Waals surface area contributed by atoms with E-state index in [0.717, 1.165) is 25.3 Å². The minimum atomic E-state index is -0.821. The summed E-state index contributed by atoms with van der Waals surface area (Å²) in [5.41, 5.74) is 0.0158. The highest BCUT2D eigenvalue weighted by atomic mass is 35.5. The maximum absolute atomic E-state index is 13.1. The van der Waals surface area contributed by atoms with Crippen LogP contribution in [0.3, 0.4) is 0 Å². The third kappa shape index (κ3) is 3.27. The van der Waals surface area contributed by atoms with Crippen LogP contribution < -0.4 is 0 Å². The Kier molecular flexibility index (Phi) is 4.37. The molecule has 0 aromatic heterocycles. The average molecular weight is 248 g/mol. The van der Waals surface area contributed by atoms with Crippen LogP contribution in [-0.4, -0.2) is 18.2 Å². The molecule has 0 aliphatic rings.